The molecule has 1 aromatic carbocycles. The molecule has 0 saturated heterocycles. The van der Waals surface area contributed by atoms with Gasteiger partial charge in [-0.25, -0.2) is 0 Å². The van der Waals surface area contributed by atoms with Crippen molar-refractivity contribution in [3.05, 3.63) is 42.3 Å². The second-order valence-corrected chi connectivity index (χ2v) is 3.00. The standard InChI is InChI=1S/C11H15.Li/c1-3-10(2)9-11-7-5-4-6-8-11;/h3-8,10H,9H2,1-2H3;/q-1;+1/t10-;/m0./s1. The van der Waals surface area contributed by atoms with E-state index in [0.29, 0.717) is 5.92 Å². The normalized spacial score (nSPS) is 11.8. The quantitative estimate of drug-likeness (QED) is 0.427. The van der Waals surface area contributed by atoms with Crippen molar-refractivity contribution in [3.63, 3.8) is 0 Å². The van der Waals surface area contributed by atoms with Crippen molar-refractivity contribution in [2.45, 2.75) is 20.3 Å². The molecule has 60 valence electrons. The minimum Gasteiger partial charge on any atom is -0.328 e. The summed E-state index contributed by atoms with van der Waals surface area (Å²) >= 11 is 0. The summed E-state index contributed by atoms with van der Waals surface area (Å²) in [7, 11) is 0. The van der Waals surface area contributed by atoms with E-state index in [1.54, 1.807) is 0 Å². The van der Waals surface area contributed by atoms with Crippen LogP contribution >= 0.6 is 0 Å². The molecule has 1 aromatic rings. The number of rotatable bonds is 3. The first-order chi connectivity index (χ1) is 5.33. The zero-order valence-electron chi connectivity index (χ0n) is 8.25. The van der Waals surface area contributed by atoms with Gasteiger partial charge in [0.1, 0.15) is 0 Å². The van der Waals surface area contributed by atoms with Gasteiger partial charge in [-0.05, 0) is 0 Å². The predicted molar refractivity (Wildman–Crippen MR) is 49.3 cm³/mol. The minimum absolute atomic E-state index is 0. The number of hydrogen-bond acceptors (Lipinski definition) is 0. The first kappa shape index (κ1) is 11.8. The van der Waals surface area contributed by atoms with Crippen LogP contribution in [0.5, 0.6) is 0 Å². The van der Waals surface area contributed by atoms with E-state index < -0.39 is 0 Å². The van der Waals surface area contributed by atoms with Gasteiger partial charge in [0.2, 0.25) is 0 Å². The molecule has 0 heterocycles. The van der Waals surface area contributed by atoms with E-state index in [9.17, 15) is 0 Å². The van der Waals surface area contributed by atoms with Gasteiger partial charge in [0.05, 0.1) is 0 Å². The molecule has 0 saturated carbocycles. The second-order valence-electron chi connectivity index (χ2n) is 3.00. The van der Waals surface area contributed by atoms with Gasteiger partial charge in [0, 0.05) is 0 Å². The second kappa shape index (κ2) is 6.35. The van der Waals surface area contributed by atoms with E-state index in [1.807, 2.05) is 0 Å². The molecule has 1 atom stereocenters. The van der Waals surface area contributed by atoms with E-state index in [1.165, 1.54) is 5.56 Å². The Labute approximate surface area is 87.6 Å². The van der Waals surface area contributed by atoms with Gasteiger partial charge in [0.15, 0.2) is 0 Å². The van der Waals surface area contributed by atoms with Gasteiger partial charge in [-0.15, -0.1) is 0 Å². The predicted octanol–water partition coefficient (Wildman–Crippen LogP) is 0.0934. The molecule has 0 nitrogen and oxygen atoms in total. The fourth-order valence-corrected chi connectivity index (χ4v) is 1.10. The summed E-state index contributed by atoms with van der Waals surface area (Å²) in [5.74, 6) is 0.692. The summed E-state index contributed by atoms with van der Waals surface area (Å²) < 4.78 is 0. The molecule has 0 radical (unpaired) electrons. The zero-order valence-corrected chi connectivity index (χ0v) is 8.25. The van der Waals surface area contributed by atoms with E-state index in [0.717, 1.165) is 6.42 Å². The molecule has 0 amide bonds. The Morgan fingerprint density at radius 2 is 1.83 bits per heavy atom. The van der Waals surface area contributed by atoms with Crippen LogP contribution in [0.1, 0.15) is 19.4 Å². The molecule has 0 aliphatic rings. The Hall–Kier alpha value is -0.183. The fourth-order valence-electron chi connectivity index (χ4n) is 1.10. The van der Waals surface area contributed by atoms with Crippen molar-refractivity contribution in [1.82, 2.24) is 0 Å². The Morgan fingerprint density at radius 1 is 1.25 bits per heavy atom. The van der Waals surface area contributed by atoms with E-state index in [-0.39, 0.29) is 18.9 Å². The van der Waals surface area contributed by atoms with E-state index >= 15 is 0 Å². The third kappa shape index (κ3) is 4.00. The van der Waals surface area contributed by atoms with Crippen LogP contribution in [0.4, 0.5) is 0 Å². The van der Waals surface area contributed by atoms with Crippen LogP contribution in [0, 0.1) is 12.3 Å². The largest absolute Gasteiger partial charge is 1.00 e. The maximum atomic E-state index is 2.24. The van der Waals surface area contributed by atoms with Crippen molar-refractivity contribution in [2.24, 2.45) is 5.92 Å². The number of hydrogen-bond donors (Lipinski definition) is 0. The summed E-state index contributed by atoms with van der Waals surface area (Å²) in [5.41, 5.74) is 1.43. The first-order valence-electron chi connectivity index (χ1n) is 4.16. The summed E-state index contributed by atoms with van der Waals surface area (Å²) in [4.78, 5) is 0. The van der Waals surface area contributed by atoms with Crippen LogP contribution in [0.15, 0.2) is 30.3 Å². The van der Waals surface area contributed by atoms with Crippen molar-refractivity contribution in [3.8, 4) is 0 Å². The van der Waals surface area contributed by atoms with Crippen LogP contribution in [-0.4, -0.2) is 0 Å². The molecule has 0 aromatic heterocycles. The Bertz CT molecular complexity index is 193. The molecular formula is C11H15Li. The van der Waals surface area contributed by atoms with Gasteiger partial charge in [0.25, 0.3) is 0 Å². The van der Waals surface area contributed by atoms with Crippen LogP contribution < -0.4 is 18.9 Å². The third-order valence-electron chi connectivity index (χ3n) is 1.97. The van der Waals surface area contributed by atoms with E-state index in [2.05, 4.69) is 50.6 Å². The average Bonchev–Trinajstić information content (AvgIpc) is 2.06. The molecule has 0 aliphatic heterocycles. The Morgan fingerprint density at radius 3 is 2.33 bits per heavy atom. The van der Waals surface area contributed by atoms with E-state index in [4.69, 9.17) is 0 Å². The van der Waals surface area contributed by atoms with Crippen LogP contribution in [0.3, 0.4) is 0 Å². The van der Waals surface area contributed by atoms with Crippen molar-refractivity contribution in [2.75, 3.05) is 0 Å². The molecule has 12 heavy (non-hydrogen) atoms. The molecule has 0 unspecified atom stereocenters. The van der Waals surface area contributed by atoms with Crippen molar-refractivity contribution in [1.29, 1.82) is 0 Å². The molecule has 0 aliphatic carbocycles. The SMILES string of the molecule is C[CH-][C@H](C)Cc1ccccc1.[Li+]. The van der Waals surface area contributed by atoms with Crippen LogP contribution in [0.25, 0.3) is 0 Å². The maximum absolute atomic E-state index is 2.24. The first-order valence-corrected chi connectivity index (χ1v) is 4.16. The third-order valence-corrected chi connectivity index (χ3v) is 1.97. The summed E-state index contributed by atoms with van der Waals surface area (Å²) in [5, 5.41) is 0. The topological polar surface area (TPSA) is 0 Å². The number of benzene rings is 1. The molecule has 0 fully saturated rings. The van der Waals surface area contributed by atoms with Gasteiger partial charge in [-0.1, -0.05) is 49.2 Å². The minimum atomic E-state index is 0. The van der Waals surface area contributed by atoms with Crippen molar-refractivity contribution < 1.29 is 18.9 Å². The molecule has 0 N–H and O–H groups in total. The molecule has 0 spiro atoms. The Balaban J connectivity index is 0.00000121. The molecule has 1 heteroatoms. The summed E-state index contributed by atoms with van der Waals surface area (Å²) in [6.45, 7) is 4.36. The van der Waals surface area contributed by atoms with Crippen LogP contribution in [-0.2, 0) is 6.42 Å². The van der Waals surface area contributed by atoms with Gasteiger partial charge in [-0.3, -0.25) is 0 Å². The monoisotopic (exact) mass is 154 g/mol. The average molecular weight is 154 g/mol. The Kier molecular flexibility index (Phi) is 6.25. The zero-order chi connectivity index (χ0) is 8.10. The van der Waals surface area contributed by atoms with Crippen LogP contribution in [0.2, 0.25) is 0 Å². The summed E-state index contributed by atoms with van der Waals surface area (Å²) in [6.07, 6.45) is 3.41. The molecular weight excluding hydrogens is 139 g/mol. The molecule has 1 rings (SSSR count). The fraction of sp³-hybridized carbons (Fsp3) is 0.364. The summed E-state index contributed by atoms with van der Waals surface area (Å²) in [6, 6.07) is 10.6. The van der Waals surface area contributed by atoms with Gasteiger partial charge >= 0.3 is 18.9 Å². The van der Waals surface area contributed by atoms with Gasteiger partial charge < -0.3 is 6.42 Å². The molecule has 0 bridgehead atoms. The van der Waals surface area contributed by atoms with Crippen molar-refractivity contribution >= 4 is 0 Å². The van der Waals surface area contributed by atoms with Gasteiger partial charge in [-0.2, -0.15) is 12.8 Å². The smallest absolute Gasteiger partial charge is 0.328 e. The maximum Gasteiger partial charge on any atom is 1.00 e.